The number of unbranched alkanes of at least 4 members (excludes halogenated alkanes) is 28. The third-order valence-corrected chi connectivity index (χ3v) is 8.99. The molecule has 3 nitrogen and oxygen atoms in total. The third kappa shape index (κ3) is 36.3. The smallest absolute Gasteiger partial charge is 0.246 e. The molecular formula is C38H77O3Si. The summed E-state index contributed by atoms with van der Waals surface area (Å²) in [6, 6.07) is 0. The van der Waals surface area contributed by atoms with Gasteiger partial charge in [0.15, 0.2) is 6.29 Å². The Morgan fingerprint density at radius 1 is 0.333 bits per heavy atom. The van der Waals surface area contributed by atoms with Crippen LogP contribution in [0.3, 0.4) is 0 Å². The Balaban J connectivity index is 3.89. The molecule has 0 N–H and O–H groups in total. The molecule has 0 aromatic carbocycles. The van der Waals surface area contributed by atoms with Gasteiger partial charge in [0.05, 0.1) is 0 Å². The highest BCUT2D eigenvalue weighted by Gasteiger charge is 2.09. The topological polar surface area (TPSA) is 27.7 Å². The van der Waals surface area contributed by atoms with Gasteiger partial charge < -0.3 is 13.9 Å². The molecule has 0 saturated carbocycles. The van der Waals surface area contributed by atoms with E-state index in [9.17, 15) is 0 Å². The van der Waals surface area contributed by atoms with Gasteiger partial charge in [0, 0.05) is 19.8 Å². The van der Waals surface area contributed by atoms with Gasteiger partial charge in [0.1, 0.15) is 0 Å². The summed E-state index contributed by atoms with van der Waals surface area (Å²) in [4.78, 5) is 0. The molecule has 0 rings (SSSR count). The zero-order valence-corrected chi connectivity index (χ0v) is 30.1. The second-order valence-corrected chi connectivity index (χ2v) is 13.4. The number of rotatable bonds is 38. The van der Waals surface area contributed by atoms with Crippen LogP contribution in [0.1, 0.15) is 219 Å². The Hall–Kier alpha value is 0.0969. The van der Waals surface area contributed by atoms with E-state index in [0.717, 1.165) is 26.2 Å². The van der Waals surface area contributed by atoms with Gasteiger partial charge in [-0.3, -0.25) is 0 Å². The fraction of sp³-hybridized carbons (Fsp3) is 1.00. The molecule has 0 spiro atoms. The average molecular weight is 610 g/mol. The van der Waals surface area contributed by atoms with Gasteiger partial charge in [-0.2, -0.15) is 0 Å². The van der Waals surface area contributed by atoms with Gasteiger partial charge in [-0.05, 0) is 32.1 Å². The van der Waals surface area contributed by atoms with Crippen LogP contribution >= 0.6 is 0 Å². The minimum Gasteiger partial charge on any atom is -0.419 e. The Bertz CT molecular complexity index is 436. The first-order chi connectivity index (χ1) is 20.8. The van der Waals surface area contributed by atoms with Gasteiger partial charge in [0.25, 0.3) is 0 Å². The highest BCUT2D eigenvalue weighted by Crippen LogP contribution is 2.16. The molecule has 4 heteroatoms. The predicted molar refractivity (Wildman–Crippen MR) is 186 cm³/mol. The Kier molecular flexibility index (Phi) is 39.2. The van der Waals surface area contributed by atoms with Crippen LogP contribution in [0.15, 0.2) is 0 Å². The maximum atomic E-state index is 6.28. The van der Waals surface area contributed by atoms with Crippen molar-refractivity contribution in [3.8, 4) is 0 Å². The molecule has 0 heterocycles. The molecule has 0 unspecified atom stereocenters. The zero-order valence-electron chi connectivity index (χ0n) is 29.1. The summed E-state index contributed by atoms with van der Waals surface area (Å²) < 4.78 is 17.5. The van der Waals surface area contributed by atoms with Crippen LogP contribution in [0.2, 0.25) is 0 Å². The quantitative estimate of drug-likeness (QED) is 0.0396. The first-order valence-electron chi connectivity index (χ1n) is 19.4. The minimum absolute atomic E-state index is 0.0250. The van der Waals surface area contributed by atoms with Crippen molar-refractivity contribution in [2.75, 3.05) is 19.8 Å². The standard InChI is InChI=1S/C38H77O3Si/c1-3-5-7-9-11-13-19-23-27-31-35-39-38(40-36-32-28-24-20-14-12-10-8-6-4-2)34-30-26-22-18-16-15-17-21-25-29-33-37-41-42/h38H,3-37H2,1-2H3. The summed E-state index contributed by atoms with van der Waals surface area (Å²) in [6.07, 6.45) is 43.3. The molecule has 3 radical (unpaired) electrons. The van der Waals surface area contributed by atoms with Crippen molar-refractivity contribution in [2.24, 2.45) is 0 Å². The summed E-state index contributed by atoms with van der Waals surface area (Å²) in [6.45, 7) is 7.19. The number of hydrogen-bond donors (Lipinski definition) is 0. The summed E-state index contributed by atoms with van der Waals surface area (Å²) in [5.74, 6) is 0. The fourth-order valence-electron chi connectivity index (χ4n) is 5.90. The molecule has 0 atom stereocenters. The maximum absolute atomic E-state index is 6.28. The molecule has 0 bridgehead atoms. The zero-order chi connectivity index (χ0) is 30.4. The summed E-state index contributed by atoms with van der Waals surface area (Å²) in [7, 11) is 3.08. The molecule has 42 heavy (non-hydrogen) atoms. The van der Waals surface area contributed by atoms with Crippen LogP contribution in [-0.2, 0) is 13.9 Å². The van der Waals surface area contributed by atoms with Crippen LogP contribution < -0.4 is 0 Å². The minimum atomic E-state index is 0.0250. The van der Waals surface area contributed by atoms with E-state index in [1.807, 2.05) is 0 Å². The number of ether oxygens (including phenoxy) is 2. The van der Waals surface area contributed by atoms with Crippen LogP contribution in [0.4, 0.5) is 0 Å². The second kappa shape index (κ2) is 39.1. The highest BCUT2D eigenvalue weighted by molar-refractivity contribution is 5.97. The van der Waals surface area contributed by atoms with E-state index in [1.54, 1.807) is 0 Å². The molecule has 0 aromatic rings. The van der Waals surface area contributed by atoms with Crippen molar-refractivity contribution in [2.45, 2.75) is 226 Å². The SMILES string of the molecule is CCCCCCCCCCCCOC(CCCCCCCCCCCCCO[Si])OCCCCCCCCCCCC. The van der Waals surface area contributed by atoms with Crippen LogP contribution in [0, 0.1) is 0 Å². The van der Waals surface area contributed by atoms with E-state index in [2.05, 4.69) is 24.3 Å². The van der Waals surface area contributed by atoms with Crippen molar-refractivity contribution in [3.05, 3.63) is 0 Å². The summed E-state index contributed by atoms with van der Waals surface area (Å²) in [5, 5.41) is 0. The van der Waals surface area contributed by atoms with Crippen molar-refractivity contribution < 1.29 is 13.9 Å². The monoisotopic (exact) mass is 610 g/mol. The lowest BCUT2D eigenvalue weighted by molar-refractivity contribution is -0.148. The molecule has 251 valence electrons. The first-order valence-corrected chi connectivity index (χ1v) is 19.8. The van der Waals surface area contributed by atoms with E-state index in [0.29, 0.717) is 0 Å². The van der Waals surface area contributed by atoms with Crippen LogP contribution in [0.5, 0.6) is 0 Å². The predicted octanol–water partition coefficient (Wildman–Crippen LogP) is 13.0. The van der Waals surface area contributed by atoms with Gasteiger partial charge in [0.2, 0.25) is 10.5 Å². The summed E-state index contributed by atoms with van der Waals surface area (Å²) >= 11 is 0. The molecule has 0 aromatic heterocycles. The second-order valence-electron chi connectivity index (χ2n) is 13.1. The Labute approximate surface area is 269 Å². The molecule has 0 aliphatic heterocycles. The normalized spacial score (nSPS) is 11.7. The Morgan fingerprint density at radius 2 is 0.595 bits per heavy atom. The maximum Gasteiger partial charge on any atom is 0.246 e. The van der Waals surface area contributed by atoms with Gasteiger partial charge in [-0.1, -0.05) is 187 Å². The van der Waals surface area contributed by atoms with Crippen LogP contribution in [-0.4, -0.2) is 36.6 Å². The third-order valence-electron chi connectivity index (χ3n) is 8.79. The van der Waals surface area contributed by atoms with E-state index in [-0.39, 0.29) is 6.29 Å². The molecule has 0 amide bonds. The molecule has 0 aliphatic rings. The lowest BCUT2D eigenvalue weighted by Gasteiger charge is -2.19. The largest absolute Gasteiger partial charge is 0.419 e. The molecule has 0 saturated heterocycles. The van der Waals surface area contributed by atoms with E-state index in [4.69, 9.17) is 13.9 Å². The summed E-state index contributed by atoms with van der Waals surface area (Å²) in [5.41, 5.74) is 0. The lowest BCUT2D eigenvalue weighted by atomic mass is 10.1. The van der Waals surface area contributed by atoms with Crippen molar-refractivity contribution in [1.82, 2.24) is 0 Å². The molecular weight excluding hydrogens is 533 g/mol. The van der Waals surface area contributed by atoms with Gasteiger partial charge in [-0.25, -0.2) is 0 Å². The number of hydrogen-bond acceptors (Lipinski definition) is 3. The van der Waals surface area contributed by atoms with E-state index >= 15 is 0 Å². The molecule has 0 aliphatic carbocycles. The Morgan fingerprint density at radius 3 is 0.905 bits per heavy atom. The van der Waals surface area contributed by atoms with Gasteiger partial charge in [-0.15, -0.1) is 0 Å². The molecule has 0 fully saturated rings. The van der Waals surface area contributed by atoms with E-state index in [1.165, 1.54) is 199 Å². The van der Waals surface area contributed by atoms with Crippen molar-refractivity contribution >= 4 is 10.5 Å². The highest BCUT2D eigenvalue weighted by atomic mass is 28.2. The van der Waals surface area contributed by atoms with Crippen molar-refractivity contribution in [1.29, 1.82) is 0 Å². The lowest BCUT2D eigenvalue weighted by Crippen LogP contribution is -2.19. The average Bonchev–Trinajstić information content (AvgIpc) is 3.00. The fourth-order valence-corrected chi connectivity index (χ4v) is 6.04. The van der Waals surface area contributed by atoms with Crippen molar-refractivity contribution in [3.63, 3.8) is 0 Å². The van der Waals surface area contributed by atoms with E-state index < -0.39 is 0 Å². The van der Waals surface area contributed by atoms with Gasteiger partial charge >= 0.3 is 0 Å². The first kappa shape index (κ1) is 42.1. The van der Waals surface area contributed by atoms with Crippen LogP contribution in [0.25, 0.3) is 0 Å².